The predicted molar refractivity (Wildman–Crippen MR) is 125 cm³/mol. The Morgan fingerprint density at radius 2 is 1.76 bits per heavy atom. The molecule has 0 N–H and O–H groups in total. The number of carbonyl (C=O) groups excluding carboxylic acids is 1. The van der Waals surface area contributed by atoms with Gasteiger partial charge in [0.2, 0.25) is 0 Å². The summed E-state index contributed by atoms with van der Waals surface area (Å²) in [5, 5.41) is 4.36. The number of amides is 1. The summed E-state index contributed by atoms with van der Waals surface area (Å²) in [6.07, 6.45) is 0. The van der Waals surface area contributed by atoms with Gasteiger partial charge in [0.15, 0.2) is 16.8 Å². The second-order valence-corrected chi connectivity index (χ2v) is 8.44. The summed E-state index contributed by atoms with van der Waals surface area (Å²) < 4.78 is 11.5. The molecule has 5 rings (SSSR count). The second kappa shape index (κ2) is 8.67. The summed E-state index contributed by atoms with van der Waals surface area (Å²) in [5.74, 6) is 1.20. The molecule has 0 unspecified atom stereocenters. The Hall–Kier alpha value is -3.71. The molecule has 0 radical (unpaired) electrons. The minimum atomic E-state index is -0.123. The molecule has 0 saturated carbocycles. The first-order valence-corrected chi connectivity index (χ1v) is 11.1. The van der Waals surface area contributed by atoms with E-state index in [1.165, 1.54) is 0 Å². The van der Waals surface area contributed by atoms with Crippen LogP contribution in [-0.4, -0.2) is 47.0 Å². The summed E-state index contributed by atoms with van der Waals surface area (Å²) in [7, 11) is 0. The molecule has 168 valence electrons. The van der Waals surface area contributed by atoms with Gasteiger partial charge in [-0.05, 0) is 26.0 Å². The van der Waals surface area contributed by atoms with Crippen molar-refractivity contribution >= 4 is 16.9 Å². The van der Waals surface area contributed by atoms with Crippen molar-refractivity contribution in [2.45, 2.75) is 20.4 Å². The maximum atomic E-state index is 13.4. The zero-order valence-corrected chi connectivity index (χ0v) is 18.7. The van der Waals surface area contributed by atoms with Crippen LogP contribution in [0.4, 0.5) is 0 Å². The number of aryl methyl sites for hydroxylation is 1. The fourth-order valence-corrected chi connectivity index (χ4v) is 4.33. The molecule has 1 fully saturated rings. The first-order valence-electron chi connectivity index (χ1n) is 11.1. The molecule has 7 nitrogen and oxygen atoms in total. The van der Waals surface area contributed by atoms with Gasteiger partial charge in [-0.1, -0.05) is 41.6 Å². The number of aromatic nitrogens is 1. The lowest BCUT2D eigenvalue weighted by atomic mass is 10.0. The zero-order valence-electron chi connectivity index (χ0n) is 18.7. The molecule has 4 aromatic rings. The van der Waals surface area contributed by atoms with E-state index in [1.54, 1.807) is 25.1 Å². The highest BCUT2D eigenvalue weighted by Gasteiger charge is 2.26. The Morgan fingerprint density at radius 3 is 2.45 bits per heavy atom. The molecule has 3 heterocycles. The third kappa shape index (κ3) is 4.07. The minimum absolute atomic E-state index is 0.114. The molecule has 7 heteroatoms. The van der Waals surface area contributed by atoms with Crippen LogP contribution in [0.1, 0.15) is 27.4 Å². The van der Waals surface area contributed by atoms with Crippen LogP contribution in [0.3, 0.4) is 0 Å². The van der Waals surface area contributed by atoms with Crippen LogP contribution in [0, 0.1) is 13.8 Å². The highest BCUT2D eigenvalue weighted by atomic mass is 16.5. The SMILES string of the molecule is Cc1cc(CN2CCN(C(=O)c3cccc4c(=O)c(C)c(-c5ccccc5)oc34)CC2)on1. The van der Waals surface area contributed by atoms with E-state index >= 15 is 0 Å². The van der Waals surface area contributed by atoms with E-state index < -0.39 is 0 Å². The van der Waals surface area contributed by atoms with Crippen molar-refractivity contribution in [3.05, 3.63) is 87.4 Å². The molecule has 1 amide bonds. The number of hydrogen-bond acceptors (Lipinski definition) is 6. The van der Waals surface area contributed by atoms with Crippen molar-refractivity contribution in [1.29, 1.82) is 0 Å². The number of rotatable bonds is 4. The van der Waals surface area contributed by atoms with Crippen LogP contribution in [-0.2, 0) is 6.54 Å². The number of hydrogen-bond donors (Lipinski definition) is 0. The van der Waals surface area contributed by atoms with Gasteiger partial charge >= 0.3 is 0 Å². The highest BCUT2D eigenvalue weighted by molar-refractivity contribution is 6.05. The number of nitrogens with zero attached hydrogens (tertiary/aromatic N) is 3. The van der Waals surface area contributed by atoms with Crippen LogP contribution >= 0.6 is 0 Å². The highest BCUT2D eigenvalue weighted by Crippen LogP contribution is 2.28. The summed E-state index contributed by atoms with van der Waals surface area (Å²) in [6.45, 7) is 6.97. The summed E-state index contributed by atoms with van der Waals surface area (Å²) in [4.78, 5) is 30.6. The van der Waals surface area contributed by atoms with Crippen LogP contribution in [0.2, 0.25) is 0 Å². The number of carbonyl (C=O) groups is 1. The topological polar surface area (TPSA) is 79.8 Å². The standard InChI is InChI=1S/C26H25N3O4/c1-17-15-20(33-27-17)16-28-11-13-29(14-12-28)26(31)22-10-6-9-21-23(30)18(2)24(32-25(21)22)19-7-4-3-5-8-19/h3-10,15H,11-14,16H2,1-2H3. The maximum Gasteiger partial charge on any atom is 0.257 e. The monoisotopic (exact) mass is 443 g/mol. The van der Waals surface area contributed by atoms with Crippen LogP contribution in [0.5, 0.6) is 0 Å². The molecule has 0 aliphatic carbocycles. The Morgan fingerprint density at radius 1 is 1.00 bits per heavy atom. The third-order valence-corrected chi connectivity index (χ3v) is 6.13. The lowest BCUT2D eigenvalue weighted by Gasteiger charge is -2.34. The van der Waals surface area contributed by atoms with Gasteiger partial charge in [-0.2, -0.15) is 0 Å². The summed E-state index contributed by atoms with van der Waals surface area (Å²) in [6, 6.07) is 16.6. The van der Waals surface area contributed by atoms with Crippen molar-refractivity contribution < 1.29 is 13.7 Å². The zero-order chi connectivity index (χ0) is 22.9. The largest absolute Gasteiger partial charge is 0.455 e. The molecule has 0 atom stereocenters. The Labute approximate surface area is 191 Å². The molecule has 0 spiro atoms. The Kier molecular flexibility index (Phi) is 5.56. The smallest absolute Gasteiger partial charge is 0.257 e. The van der Waals surface area contributed by atoms with E-state index in [0.717, 1.165) is 30.1 Å². The van der Waals surface area contributed by atoms with E-state index in [1.807, 2.05) is 48.2 Å². The molecule has 0 bridgehead atoms. The van der Waals surface area contributed by atoms with Gasteiger partial charge in [0.25, 0.3) is 5.91 Å². The van der Waals surface area contributed by atoms with E-state index in [2.05, 4.69) is 10.1 Å². The molecule has 2 aromatic heterocycles. The van der Waals surface area contributed by atoms with Gasteiger partial charge in [-0.15, -0.1) is 0 Å². The molecule has 1 aliphatic rings. The van der Waals surface area contributed by atoms with Crippen molar-refractivity contribution in [2.24, 2.45) is 0 Å². The Balaban J connectivity index is 1.42. The first-order chi connectivity index (χ1) is 16.0. The van der Waals surface area contributed by atoms with Gasteiger partial charge < -0.3 is 13.8 Å². The van der Waals surface area contributed by atoms with Gasteiger partial charge in [-0.25, -0.2) is 0 Å². The molecule has 1 saturated heterocycles. The average Bonchev–Trinajstić information content (AvgIpc) is 3.26. The molecule has 1 aliphatic heterocycles. The van der Waals surface area contributed by atoms with Crippen LogP contribution in [0.15, 0.2) is 68.3 Å². The predicted octanol–water partition coefficient (Wildman–Crippen LogP) is 4.02. The number of fused-ring (bicyclic) bond motifs is 1. The molecular weight excluding hydrogens is 418 g/mol. The summed E-state index contributed by atoms with van der Waals surface area (Å²) in [5.41, 5.74) is 2.86. The van der Waals surface area contributed by atoms with Crippen molar-refractivity contribution in [2.75, 3.05) is 26.2 Å². The van der Waals surface area contributed by atoms with Crippen molar-refractivity contribution in [3.8, 4) is 11.3 Å². The lowest BCUT2D eigenvalue weighted by molar-refractivity contribution is 0.0618. The Bertz CT molecular complexity index is 1370. The fraction of sp³-hybridized carbons (Fsp3) is 0.269. The van der Waals surface area contributed by atoms with Crippen LogP contribution in [0.25, 0.3) is 22.3 Å². The normalized spacial score (nSPS) is 14.7. The van der Waals surface area contributed by atoms with Gasteiger partial charge in [0.1, 0.15) is 5.76 Å². The van der Waals surface area contributed by atoms with Gasteiger partial charge in [0, 0.05) is 43.4 Å². The van der Waals surface area contributed by atoms with E-state index in [-0.39, 0.29) is 11.3 Å². The quantitative estimate of drug-likeness (QED) is 0.474. The van der Waals surface area contributed by atoms with Gasteiger partial charge in [0.05, 0.1) is 23.2 Å². The molecular formula is C26H25N3O4. The van der Waals surface area contributed by atoms with E-state index in [9.17, 15) is 9.59 Å². The first kappa shape index (κ1) is 21.2. The number of piperazine rings is 1. The number of benzene rings is 2. The minimum Gasteiger partial charge on any atom is -0.455 e. The van der Waals surface area contributed by atoms with E-state index in [4.69, 9.17) is 8.94 Å². The molecule has 2 aromatic carbocycles. The fourth-order valence-electron chi connectivity index (χ4n) is 4.33. The lowest BCUT2D eigenvalue weighted by Crippen LogP contribution is -2.48. The third-order valence-electron chi connectivity index (χ3n) is 6.13. The second-order valence-electron chi connectivity index (χ2n) is 8.44. The molecule has 33 heavy (non-hydrogen) atoms. The van der Waals surface area contributed by atoms with Gasteiger partial charge in [-0.3, -0.25) is 14.5 Å². The maximum absolute atomic E-state index is 13.4. The summed E-state index contributed by atoms with van der Waals surface area (Å²) >= 11 is 0. The average molecular weight is 444 g/mol. The van der Waals surface area contributed by atoms with E-state index in [0.29, 0.717) is 47.5 Å². The van der Waals surface area contributed by atoms with Crippen LogP contribution < -0.4 is 5.43 Å². The van der Waals surface area contributed by atoms with Crippen molar-refractivity contribution in [3.63, 3.8) is 0 Å². The number of para-hydroxylation sites is 1. The van der Waals surface area contributed by atoms with Crippen molar-refractivity contribution in [1.82, 2.24) is 15.0 Å².